The number of guanidine groups is 1. The van der Waals surface area contributed by atoms with Crippen LogP contribution >= 0.6 is 0 Å². The lowest BCUT2D eigenvalue weighted by molar-refractivity contribution is 0.157. The Morgan fingerprint density at radius 1 is 1.46 bits per heavy atom. The molecule has 0 radical (unpaired) electrons. The predicted molar refractivity (Wildman–Crippen MR) is 97.3 cm³/mol. The molecule has 1 atom stereocenters. The summed E-state index contributed by atoms with van der Waals surface area (Å²) in [6.45, 7) is 3.81. The number of H-pyrrole nitrogens is 1. The summed E-state index contributed by atoms with van der Waals surface area (Å²) in [6, 6.07) is 8.16. The quantitative estimate of drug-likeness (QED) is 0.483. The summed E-state index contributed by atoms with van der Waals surface area (Å²) in [7, 11) is 3.62. The van der Waals surface area contributed by atoms with Crippen molar-refractivity contribution in [2.24, 2.45) is 10.9 Å². The highest BCUT2D eigenvalue weighted by Crippen LogP contribution is 2.16. The number of benzene rings is 1. The first kappa shape index (κ1) is 16.8. The maximum Gasteiger partial charge on any atom is 0.193 e. The Bertz CT molecular complexity index is 648. The molecule has 24 heavy (non-hydrogen) atoms. The third-order valence-electron chi connectivity index (χ3n) is 4.51. The van der Waals surface area contributed by atoms with Crippen LogP contribution in [0.1, 0.15) is 18.7 Å². The number of aromatic amines is 1. The molecule has 1 saturated heterocycles. The maximum absolute atomic E-state index is 5.26. The van der Waals surface area contributed by atoms with Crippen molar-refractivity contribution in [1.82, 2.24) is 20.2 Å². The molecule has 2 heterocycles. The first-order valence-corrected chi connectivity index (χ1v) is 8.68. The smallest absolute Gasteiger partial charge is 0.193 e. The van der Waals surface area contributed by atoms with E-state index in [2.05, 4.69) is 31.2 Å². The lowest BCUT2D eigenvalue weighted by atomic mass is 10.1. The zero-order valence-electron chi connectivity index (χ0n) is 14.6. The summed E-state index contributed by atoms with van der Waals surface area (Å²) >= 11 is 0. The summed E-state index contributed by atoms with van der Waals surface area (Å²) in [5.74, 6) is 2.66. The number of fused-ring (bicyclic) bond motifs is 1. The molecule has 0 aliphatic carbocycles. The number of methoxy groups -OCH3 is 1. The van der Waals surface area contributed by atoms with Gasteiger partial charge in [0, 0.05) is 46.1 Å². The second kappa shape index (κ2) is 8.15. The van der Waals surface area contributed by atoms with Crippen molar-refractivity contribution in [3.05, 3.63) is 30.1 Å². The van der Waals surface area contributed by atoms with Gasteiger partial charge in [-0.1, -0.05) is 12.1 Å². The van der Waals surface area contributed by atoms with E-state index in [4.69, 9.17) is 4.74 Å². The first-order chi connectivity index (χ1) is 11.8. The van der Waals surface area contributed by atoms with Crippen LogP contribution in [0.2, 0.25) is 0 Å². The summed E-state index contributed by atoms with van der Waals surface area (Å²) in [4.78, 5) is 14.7. The number of hydrogen-bond donors (Lipinski definition) is 2. The molecule has 1 aromatic carbocycles. The lowest BCUT2D eigenvalue weighted by Crippen LogP contribution is -2.40. The molecule has 1 unspecified atom stereocenters. The maximum atomic E-state index is 5.26. The van der Waals surface area contributed by atoms with Crippen molar-refractivity contribution in [1.29, 1.82) is 0 Å². The summed E-state index contributed by atoms with van der Waals surface area (Å²) in [6.07, 6.45) is 3.13. The highest BCUT2D eigenvalue weighted by atomic mass is 16.5. The number of para-hydroxylation sites is 2. The second-order valence-corrected chi connectivity index (χ2v) is 6.33. The summed E-state index contributed by atoms with van der Waals surface area (Å²) in [5, 5.41) is 3.47. The Hall–Kier alpha value is -2.08. The highest BCUT2D eigenvalue weighted by molar-refractivity contribution is 5.80. The fourth-order valence-corrected chi connectivity index (χ4v) is 3.31. The average Bonchev–Trinajstić information content (AvgIpc) is 3.21. The molecule has 0 spiro atoms. The van der Waals surface area contributed by atoms with Crippen LogP contribution in [0, 0.1) is 5.92 Å². The van der Waals surface area contributed by atoms with Crippen molar-refractivity contribution < 1.29 is 4.74 Å². The molecule has 1 aliphatic heterocycles. The van der Waals surface area contributed by atoms with Crippen LogP contribution in [-0.4, -0.2) is 61.2 Å². The fourth-order valence-electron chi connectivity index (χ4n) is 3.31. The third-order valence-corrected chi connectivity index (χ3v) is 4.51. The van der Waals surface area contributed by atoms with Gasteiger partial charge in [-0.2, -0.15) is 0 Å². The zero-order valence-corrected chi connectivity index (χ0v) is 14.6. The number of aryl methyl sites for hydroxylation is 1. The van der Waals surface area contributed by atoms with Crippen LogP contribution in [-0.2, 0) is 11.2 Å². The number of rotatable bonds is 6. The molecule has 6 nitrogen and oxygen atoms in total. The average molecular weight is 329 g/mol. The van der Waals surface area contributed by atoms with Crippen LogP contribution in [0.5, 0.6) is 0 Å². The van der Waals surface area contributed by atoms with E-state index in [1.54, 1.807) is 7.11 Å². The van der Waals surface area contributed by atoms with E-state index in [0.717, 1.165) is 61.9 Å². The van der Waals surface area contributed by atoms with E-state index in [9.17, 15) is 0 Å². The van der Waals surface area contributed by atoms with E-state index < -0.39 is 0 Å². The molecule has 6 heteroatoms. The lowest BCUT2D eigenvalue weighted by Gasteiger charge is -2.21. The van der Waals surface area contributed by atoms with Gasteiger partial charge < -0.3 is 19.9 Å². The Kier molecular flexibility index (Phi) is 5.69. The molecule has 1 aromatic heterocycles. The van der Waals surface area contributed by atoms with Crippen molar-refractivity contribution in [2.45, 2.75) is 19.3 Å². The van der Waals surface area contributed by atoms with Crippen LogP contribution in [0.3, 0.4) is 0 Å². The van der Waals surface area contributed by atoms with Crippen LogP contribution in [0.4, 0.5) is 0 Å². The molecule has 1 aliphatic rings. The van der Waals surface area contributed by atoms with Crippen molar-refractivity contribution in [3.63, 3.8) is 0 Å². The van der Waals surface area contributed by atoms with Gasteiger partial charge in [0.1, 0.15) is 5.82 Å². The van der Waals surface area contributed by atoms with Gasteiger partial charge in [0.05, 0.1) is 17.6 Å². The van der Waals surface area contributed by atoms with E-state index in [1.807, 2.05) is 25.2 Å². The fraction of sp³-hybridized carbons (Fsp3) is 0.556. The van der Waals surface area contributed by atoms with Gasteiger partial charge in [0.15, 0.2) is 5.96 Å². The largest absolute Gasteiger partial charge is 0.384 e. The molecule has 0 bridgehead atoms. The number of ether oxygens (including phenoxy) is 1. The number of hydrogen-bond acceptors (Lipinski definition) is 3. The van der Waals surface area contributed by atoms with Crippen LogP contribution in [0.25, 0.3) is 11.0 Å². The predicted octanol–water partition coefficient (Wildman–Crippen LogP) is 2.04. The number of aliphatic imine (C=N–C) groups is 1. The topological polar surface area (TPSA) is 65.5 Å². The van der Waals surface area contributed by atoms with Gasteiger partial charge >= 0.3 is 0 Å². The normalized spacial score (nSPS) is 18.5. The summed E-state index contributed by atoms with van der Waals surface area (Å²) < 4.78 is 5.26. The van der Waals surface area contributed by atoms with Gasteiger partial charge in [-0.05, 0) is 25.0 Å². The van der Waals surface area contributed by atoms with Gasteiger partial charge in [-0.3, -0.25) is 4.99 Å². The van der Waals surface area contributed by atoms with Gasteiger partial charge in [0.25, 0.3) is 0 Å². The van der Waals surface area contributed by atoms with Crippen molar-refractivity contribution >= 4 is 17.0 Å². The standard InChI is InChI=1S/C18H27N5O/c1-19-18(23-11-9-14(12-23)13-24-2)20-10-5-8-17-21-15-6-3-4-7-16(15)22-17/h3-4,6-7,14H,5,8-13H2,1-2H3,(H,19,20)(H,21,22). The van der Waals surface area contributed by atoms with Gasteiger partial charge in [0.2, 0.25) is 0 Å². The molecule has 2 aromatic rings. The van der Waals surface area contributed by atoms with Crippen molar-refractivity contribution in [2.75, 3.05) is 40.4 Å². The van der Waals surface area contributed by atoms with E-state index >= 15 is 0 Å². The Labute approximate surface area is 143 Å². The Morgan fingerprint density at radius 2 is 2.33 bits per heavy atom. The number of likely N-dealkylation sites (tertiary alicyclic amines) is 1. The Balaban J connectivity index is 1.43. The van der Waals surface area contributed by atoms with E-state index in [1.165, 1.54) is 6.42 Å². The molecular weight excluding hydrogens is 302 g/mol. The first-order valence-electron chi connectivity index (χ1n) is 8.68. The van der Waals surface area contributed by atoms with Gasteiger partial charge in [-0.15, -0.1) is 0 Å². The number of nitrogens with zero attached hydrogens (tertiary/aromatic N) is 3. The molecule has 0 amide bonds. The minimum atomic E-state index is 0.615. The number of imidazole rings is 1. The minimum absolute atomic E-state index is 0.615. The van der Waals surface area contributed by atoms with Gasteiger partial charge in [-0.25, -0.2) is 4.98 Å². The van der Waals surface area contributed by atoms with E-state index in [0.29, 0.717) is 5.92 Å². The molecule has 130 valence electrons. The molecular formula is C18H27N5O. The minimum Gasteiger partial charge on any atom is -0.384 e. The molecule has 1 fully saturated rings. The van der Waals surface area contributed by atoms with Crippen molar-refractivity contribution in [3.8, 4) is 0 Å². The van der Waals surface area contributed by atoms with Crippen LogP contribution in [0.15, 0.2) is 29.3 Å². The third kappa shape index (κ3) is 4.06. The SMILES string of the molecule is CN=C(NCCCc1nc2ccccc2[nH]1)N1CCC(COC)C1. The highest BCUT2D eigenvalue weighted by Gasteiger charge is 2.24. The molecule has 2 N–H and O–H groups in total. The number of aromatic nitrogens is 2. The number of nitrogens with one attached hydrogen (secondary N) is 2. The summed E-state index contributed by atoms with van der Waals surface area (Å²) in [5.41, 5.74) is 2.15. The Morgan fingerprint density at radius 3 is 3.12 bits per heavy atom. The molecule has 0 saturated carbocycles. The van der Waals surface area contributed by atoms with E-state index in [-0.39, 0.29) is 0 Å². The zero-order chi connectivity index (χ0) is 16.8. The molecule has 3 rings (SSSR count). The van der Waals surface area contributed by atoms with Crippen LogP contribution < -0.4 is 5.32 Å². The monoisotopic (exact) mass is 329 g/mol. The second-order valence-electron chi connectivity index (χ2n) is 6.33.